The number of non-ortho nitro benzene ring substituents is 1. The van der Waals surface area contributed by atoms with E-state index in [0.29, 0.717) is 17.5 Å². The molecule has 0 aliphatic carbocycles. The molecule has 1 atom stereocenters. The Morgan fingerprint density at radius 2 is 1.81 bits per heavy atom. The molecule has 0 saturated heterocycles. The van der Waals surface area contributed by atoms with Gasteiger partial charge >= 0.3 is 0 Å². The number of nitro groups is 1. The third kappa shape index (κ3) is 4.86. The van der Waals surface area contributed by atoms with Crippen molar-refractivity contribution in [1.82, 2.24) is 15.5 Å². The first-order chi connectivity index (χ1) is 15.5. The molecule has 8 nitrogen and oxygen atoms in total. The highest BCUT2D eigenvalue weighted by atomic mass is 16.6. The van der Waals surface area contributed by atoms with Crippen molar-refractivity contribution in [3.05, 3.63) is 112 Å². The minimum Gasteiger partial charge on any atom is -0.340 e. The van der Waals surface area contributed by atoms with Crippen LogP contribution in [-0.4, -0.2) is 21.0 Å². The predicted molar refractivity (Wildman–Crippen MR) is 118 cm³/mol. The number of benzene rings is 3. The van der Waals surface area contributed by atoms with Crippen LogP contribution in [0.15, 0.2) is 83.4 Å². The molecular formula is C24H20N4O4. The molecule has 0 bridgehead atoms. The normalized spacial score (nSPS) is 11.7. The molecule has 4 rings (SSSR count). The van der Waals surface area contributed by atoms with Crippen LogP contribution in [-0.2, 0) is 6.42 Å². The Bertz CT molecular complexity index is 1240. The number of aromatic nitrogens is 2. The first kappa shape index (κ1) is 20.9. The van der Waals surface area contributed by atoms with Crippen LogP contribution in [0.2, 0.25) is 0 Å². The van der Waals surface area contributed by atoms with Crippen molar-refractivity contribution in [3.63, 3.8) is 0 Å². The monoisotopic (exact) mass is 428 g/mol. The number of aryl methyl sites for hydroxylation is 1. The lowest BCUT2D eigenvalue weighted by Gasteiger charge is -2.15. The van der Waals surface area contributed by atoms with Gasteiger partial charge in [-0.15, -0.1) is 0 Å². The van der Waals surface area contributed by atoms with E-state index in [-0.39, 0.29) is 23.3 Å². The number of nitrogens with zero attached hydrogens (tertiary/aromatic N) is 3. The summed E-state index contributed by atoms with van der Waals surface area (Å²) in [6.07, 6.45) is 0.439. The van der Waals surface area contributed by atoms with Gasteiger partial charge in [0.05, 0.1) is 4.92 Å². The highest BCUT2D eigenvalue weighted by Gasteiger charge is 2.23. The SMILES string of the molecule is Cc1ccc(C(=O)NC(Cc2ccccc2)c2nc(-c3cccc([N+](=O)[O-])c3)no2)cc1. The van der Waals surface area contributed by atoms with Gasteiger partial charge in [-0.3, -0.25) is 14.9 Å². The molecule has 1 unspecified atom stereocenters. The Labute approximate surface area is 184 Å². The van der Waals surface area contributed by atoms with Crippen molar-refractivity contribution in [1.29, 1.82) is 0 Å². The molecule has 3 aromatic carbocycles. The number of carbonyl (C=O) groups is 1. The van der Waals surface area contributed by atoms with Crippen LogP contribution in [0, 0.1) is 17.0 Å². The topological polar surface area (TPSA) is 111 Å². The van der Waals surface area contributed by atoms with Crippen molar-refractivity contribution in [2.45, 2.75) is 19.4 Å². The smallest absolute Gasteiger partial charge is 0.270 e. The number of hydrogen-bond donors (Lipinski definition) is 1. The van der Waals surface area contributed by atoms with Gasteiger partial charge in [-0.2, -0.15) is 4.98 Å². The maximum absolute atomic E-state index is 12.9. The van der Waals surface area contributed by atoms with E-state index in [0.717, 1.165) is 11.1 Å². The number of hydrogen-bond acceptors (Lipinski definition) is 6. The van der Waals surface area contributed by atoms with Crippen LogP contribution in [0.3, 0.4) is 0 Å². The van der Waals surface area contributed by atoms with Gasteiger partial charge in [0, 0.05) is 29.7 Å². The number of rotatable bonds is 7. The van der Waals surface area contributed by atoms with E-state index < -0.39 is 11.0 Å². The summed E-state index contributed by atoms with van der Waals surface area (Å²) in [6, 6.07) is 22.3. The van der Waals surface area contributed by atoms with Gasteiger partial charge in [0.15, 0.2) is 0 Å². The summed E-state index contributed by atoms with van der Waals surface area (Å²) < 4.78 is 5.46. The molecule has 1 aromatic heterocycles. The Kier molecular flexibility index (Phi) is 6.03. The predicted octanol–water partition coefficient (Wildman–Crippen LogP) is 4.67. The lowest BCUT2D eigenvalue weighted by molar-refractivity contribution is -0.384. The van der Waals surface area contributed by atoms with Gasteiger partial charge in [-0.05, 0) is 24.6 Å². The maximum atomic E-state index is 12.9. The van der Waals surface area contributed by atoms with Gasteiger partial charge in [-0.25, -0.2) is 0 Å². The Morgan fingerprint density at radius 1 is 1.06 bits per heavy atom. The summed E-state index contributed by atoms with van der Waals surface area (Å²) in [5.41, 5.74) is 2.95. The Balaban J connectivity index is 1.62. The zero-order chi connectivity index (χ0) is 22.5. The third-order valence-corrected chi connectivity index (χ3v) is 4.96. The average molecular weight is 428 g/mol. The lowest BCUT2D eigenvalue weighted by Crippen LogP contribution is -2.30. The van der Waals surface area contributed by atoms with Gasteiger partial charge in [-0.1, -0.05) is 65.3 Å². The molecule has 0 spiro atoms. The van der Waals surface area contributed by atoms with Crippen LogP contribution in [0.5, 0.6) is 0 Å². The second-order valence-corrected chi connectivity index (χ2v) is 7.35. The standard InChI is InChI=1S/C24H20N4O4/c1-16-10-12-18(13-11-16)23(29)25-21(14-17-6-3-2-4-7-17)24-26-22(27-32-24)19-8-5-9-20(15-19)28(30)31/h2-13,15,21H,14H2,1H3,(H,25,29). The molecule has 160 valence electrons. The van der Waals surface area contributed by atoms with Crippen LogP contribution in [0.4, 0.5) is 5.69 Å². The van der Waals surface area contributed by atoms with Crippen LogP contribution < -0.4 is 5.32 Å². The second-order valence-electron chi connectivity index (χ2n) is 7.35. The van der Waals surface area contributed by atoms with E-state index in [1.54, 1.807) is 24.3 Å². The molecule has 0 saturated carbocycles. The van der Waals surface area contributed by atoms with Crippen LogP contribution in [0.25, 0.3) is 11.4 Å². The summed E-state index contributed by atoms with van der Waals surface area (Å²) in [4.78, 5) is 27.9. The summed E-state index contributed by atoms with van der Waals surface area (Å²) in [5.74, 6) is 0.170. The van der Waals surface area contributed by atoms with Gasteiger partial charge in [0.25, 0.3) is 11.6 Å². The molecule has 0 radical (unpaired) electrons. The molecule has 0 aliphatic heterocycles. The Morgan fingerprint density at radius 3 is 2.53 bits per heavy atom. The van der Waals surface area contributed by atoms with E-state index in [9.17, 15) is 14.9 Å². The minimum atomic E-state index is -0.578. The average Bonchev–Trinajstić information content (AvgIpc) is 3.30. The minimum absolute atomic E-state index is 0.0673. The quantitative estimate of drug-likeness (QED) is 0.338. The van der Waals surface area contributed by atoms with Crippen molar-refractivity contribution in [3.8, 4) is 11.4 Å². The molecule has 1 heterocycles. The van der Waals surface area contributed by atoms with Crippen molar-refractivity contribution in [2.24, 2.45) is 0 Å². The van der Waals surface area contributed by atoms with E-state index in [1.165, 1.54) is 12.1 Å². The number of amides is 1. The molecule has 8 heteroatoms. The number of nitrogens with one attached hydrogen (secondary N) is 1. The molecule has 1 N–H and O–H groups in total. The molecule has 32 heavy (non-hydrogen) atoms. The molecule has 0 fully saturated rings. The summed E-state index contributed by atoms with van der Waals surface area (Å²) in [5, 5.41) is 18.0. The first-order valence-electron chi connectivity index (χ1n) is 9.99. The summed E-state index contributed by atoms with van der Waals surface area (Å²) in [7, 11) is 0. The highest BCUT2D eigenvalue weighted by Crippen LogP contribution is 2.24. The fourth-order valence-corrected chi connectivity index (χ4v) is 3.25. The highest BCUT2D eigenvalue weighted by molar-refractivity contribution is 5.94. The molecular weight excluding hydrogens is 408 g/mol. The van der Waals surface area contributed by atoms with Gasteiger partial charge in [0.2, 0.25) is 11.7 Å². The number of nitro benzene ring substituents is 1. The van der Waals surface area contributed by atoms with E-state index in [2.05, 4.69) is 15.5 Å². The second kappa shape index (κ2) is 9.22. The largest absolute Gasteiger partial charge is 0.340 e. The number of carbonyl (C=O) groups excluding carboxylic acids is 1. The molecule has 4 aromatic rings. The van der Waals surface area contributed by atoms with Crippen molar-refractivity contribution < 1.29 is 14.2 Å². The maximum Gasteiger partial charge on any atom is 0.270 e. The van der Waals surface area contributed by atoms with E-state index in [4.69, 9.17) is 4.52 Å². The van der Waals surface area contributed by atoms with E-state index >= 15 is 0 Å². The van der Waals surface area contributed by atoms with Crippen molar-refractivity contribution in [2.75, 3.05) is 0 Å². The third-order valence-electron chi connectivity index (χ3n) is 4.96. The van der Waals surface area contributed by atoms with Crippen LogP contribution in [0.1, 0.15) is 33.4 Å². The first-order valence-corrected chi connectivity index (χ1v) is 9.99. The molecule has 0 aliphatic rings. The molecule has 1 amide bonds. The van der Waals surface area contributed by atoms with Crippen molar-refractivity contribution >= 4 is 11.6 Å². The van der Waals surface area contributed by atoms with Gasteiger partial charge in [0.1, 0.15) is 6.04 Å². The summed E-state index contributed by atoms with van der Waals surface area (Å²) >= 11 is 0. The van der Waals surface area contributed by atoms with Crippen LogP contribution >= 0.6 is 0 Å². The summed E-state index contributed by atoms with van der Waals surface area (Å²) in [6.45, 7) is 1.95. The van der Waals surface area contributed by atoms with E-state index in [1.807, 2.05) is 49.4 Å². The fraction of sp³-hybridized carbons (Fsp3) is 0.125. The lowest BCUT2D eigenvalue weighted by atomic mass is 10.0. The zero-order valence-corrected chi connectivity index (χ0v) is 17.3. The van der Waals surface area contributed by atoms with Gasteiger partial charge < -0.3 is 9.84 Å². The Hall–Kier alpha value is -4.33. The fourth-order valence-electron chi connectivity index (χ4n) is 3.25. The zero-order valence-electron chi connectivity index (χ0n) is 17.3.